The molecule has 0 bridgehead atoms. The Balaban J connectivity index is 2.50. The molecule has 2 aromatic rings. The summed E-state index contributed by atoms with van der Waals surface area (Å²) in [6.45, 7) is 5.06. The van der Waals surface area contributed by atoms with Crippen LogP contribution in [0.3, 0.4) is 0 Å². The highest BCUT2D eigenvalue weighted by Gasteiger charge is 2.17. The van der Waals surface area contributed by atoms with Crippen molar-refractivity contribution in [2.24, 2.45) is 0 Å². The van der Waals surface area contributed by atoms with Gasteiger partial charge in [-0.3, -0.25) is 0 Å². The van der Waals surface area contributed by atoms with Gasteiger partial charge in [0.1, 0.15) is 0 Å². The Labute approximate surface area is 111 Å². The fourth-order valence-electron chi connectivity index (χ4n) is 2.10. The first-order valence-electron chi connectivity index (χ1n) is 6.17. The van der Waals surface area contributed by atoms with Crippen LogP contribution in [0.25, 0.3) is 11.0 Å². The summed E-state index contributed by atoms with van der Waals surface area (Å²) in [7, 11) is 1.43. The number of ether oxygens (including phenoxy) is 2. The number of rotatable bonds is 5. The van der Waals surface area contributed by atoms with E-state index >= 15 is 0 Å². The molecule has 0 spiro atoms. The maximum atomic E-state index is 13.6. The van der Waals surface area contributed by atoms with Gasteiger partial charge in [-0.2, -0.15) is 0 Å². The Morgan fingerprint density at radius 3 is 2.84 bits per heavy atom. The number of benzene rings is 1. The van der Waals surface area contributed by atoms with E-state index in [9.17, 15) is 4.39 Å². The molecule has 0 saturated heterocycles. The predicted octanol–water partition coefficient (Wildman–Crippen LogP) is 2.36. The average Bonchev–Trinajstić information content (AvgIpc) is 2.69. The van der Waals surface area contributed by atoms with Gasteiger partial charge in [0.25, 0.3) is 0 Å². The van der Waals surface area contributed by atoms with E-state index in [0.717, 1.165) is 5.52 Å². The Morgan fingerprint density at radius 2 is 2.21 bits per heavy atom. The van der Waals surface area contributed by atoms with Gasteiger partial charge in [-0.25, -0.2) is 9.37 Å². The van der Waals surface area contributed by atoms with Gasteiger partial charge in [0.15, 0.2) is 11.6 Å². The second kappa shape index (κ2) is 5.44. The molecule has 0 fully saturated rings. The van der Waals surface area contributed by atoms with Crippen molar-refractivity contribution in [3.8, 4) is 5.75 Å². The smallest absolute Gasteiger partial charge is 0.201 e. The Hall–Kier alpha value is -1.82. The van der Waals surface area contributed by atoms with Gasteiger partial charge < -0.3 is 19.8 Å². The largest absolute Gasteiger partial charge is 0.494 e. The van der Waals surface area contributed by atoms with Crippen LogP contribution in [0.5, 0.6) is 5.75 Å². The fraction of sp³-hybridized carbons (Fsp3) is 0.462. The average molecular weight is 267 g/mol. The van der Waals surface area contributed by atoms with Crippen molar-refractivity contribution < 1.29 is 13.9 Å². The van der Waals surface area contributed by atoms with E-state index in [1.54, 1.807) is 6.07 Å². The molecule has 1 atom stereocenters. The zero-order valence-corrected chi connectivity index (χ0v) is 11.3. The van der Waals surface area contributed by atoms with E-state index in [1.165, 1.54) is 13.2 Å². The van der Waals surface area contributed by atoms with Crippen LogP contribution >= 0.6 is 0 Å². The lowest BCUT2D eigenvalue weighted by molar-refractivity contribution is 0.120. The van der Waals surface area contributed by atoms with Gasteiger partial charge in [-0.1, -0.05) is 0 Å². The third kappa shape index (κ3) is 2.49. The van der Waals surface area contributed by atoms with E-state index in [-0.39, 0.29) is 11.8 Å². The molecule has 6 heteroatoms. The summed E-state index contributed by atoms with van der Waals surface area (Å²) < 4.78 is 25.8. The number of anilines is 1. The molecule has 2 N–H and O–H groups in total. The van der Waals surface area contributed by atoms with Crippen LogP contribution in [0.1, 0.15) is 19.9 Å². The van der Waals surface area contributed by atoms with Crippen molar-refractivity contribution >= 4 is 17.0 Å². The summed E-state index contributed by atoms with van der Waals surface area (Å²) in [5.74, 6) is 0.0734. The standard InChI is InChI=1S/C13H18FN3O2/c1-4-19-7-8(2)17-11-6-12(18-3)9(14)5-10(11)16-13(17)15/h5-6,8H,4,7H2,1-3H3,(H2,15,16). The summed E-state index contributed by atoms with van der Waals surface area (Å²) in [6.07, 6.45) is 0. The highest BCUT2D eigenvalue weighted by molar-refractivity contribution is 5.80. The zero-order chi connectivity index (χ0) is 14.0. The molecular formula is C13H18FN3O2. The van der Waals surface area contributed by atoms with Crippen molar-refractivity contribution in [3.63, 3.8) is 0 Å². The summed E-state index contributed by atoms with van der Waals surface area (Å²) in [4.78, 5) is 4.17. The van der Waals surface area contributed by atoms with Crippen LogP contribution in [0, 0.1) is 5.82 Å². The molecule has 0 amide bonds. The van der Waals surface area contributed by atoms with Crippen LogP contribution in [0.2, 0.25) is 0 Å². The first kappa shape index (κ1) is 13.6. The molecule has 0 radical (unpaired) electrons. The molecule has 1 aromatic heterocycles. The van der Waals surface area contributed by atoms with Crippen molar-refractivity contribution in [2.75, 3.05) is 26.1 Å². The first-order valence-corrected chi connectivity index (χ1v) is 6.17. The molecule has 0 aliphatic rings. The number of fused-ring (bicyclic) bond motifs is 1. The number of methoxy groups -OCH3 is 1. The summed E-state index contributed by atoms with van der Waals surface area (Å²) in [6, 6.07) is 2.95. The molecule has 1 aromatic carbocycles. The van der Waals surface area contributed by atoms with Gasteiger partial charge in [-0.15, -0.1) is 0 Å². The lowest BCUT2D eigenvalue weighted by Gasteiger charge is -2.16. The lowest BCUT2D eigenvalue weighted by Crippen LogP contribution is -2.14. The van der Waals surface area contributed by atoms with Gasteiger partial charge in [0.2, 0.25) is 5.95 Å². The number of imidazole rings is 1. The number of halogens is 1. The Kier molecular flexibility index (Phi) is 3.90. The normalized spacial score (nSPS) is 12.8. The monoisotopic (exact) mass is 267 g/mol. The number of aromatic nitrogens is 2. The third-order valence-electron chi connectivity index (χ3n) is 2.99. The van der Waals surface area contributed by atoms with Gasteiger partial charge in [0.05, 0.1) is 30.8 Å². The van der Waals surface area contributed by atoms with Gasteiger partial charge >= 0.3 is 0 Å². The van der Waals surface area contributed by atoms with Crippen molar-refractivity contribution in [1.82, 2.24) is 9.55 Å². The van der Waals surface area contributed by atoms with Crippen molar-refractivity contribution in [1.29, 1.82) is 0 Å². The van der Waals surface area contributed by atoms with Crippen LogP contribution in [-0.2, 0) is 4.74 Å². The Morgan fingerprint density at radius 1 is 1.47 bits per heavy atom. The minimum atomic E-state index is -0.447. The quantitative estimate of drug-likeness (QED) is 0.903. The maximum Gasteiger partial charge on any atom is 0.201 e. The predicted molar refractivity (Wildman–Crippen MR) is 71.9 cm³/mol. The fourth-order valence-corrected chi connectivity index (χ4v) is 2.10. The van der Waals surface area contributed by atoms with Gasteiger partial charge in [0, 0.05) is 18.7 Å². The zero-order valence-electron chi connectivity index (χ0n) is 11.3. The molecule has 1 unspecified atom stereocenters. The molecule has 0 aliphatic carbocycles. The van der Waals surface area contributed by atoms with E-state index in [2.05, 4.69) is 4.98 Å². The molecule has 5 nitrogen and oxygen atoms in total. The number of nitrogens with two attached hydrogens (primary N) is 1. The SMILES string of the molecule is CCOCC(C)n1c(N)nc2cc(F)c(OC)cc21. The molecule has 1 heterocycles. The second-order valence-electron chi connectivity index (χ2n) is 4.32. The molecule has 104 valence electrons. The Bertz CT molecular complexity index is 583. The molecule has 0 aliphatic heterocycles. The van der Waals surface area contributed by atoms with Crippen LogP contribution in [-0.4, -0.2) is 29.9 Å². The highest BCUT2D eigenvalue weighted by atomic mass is 19.1. The molecule has 19 heavy (non-hydrogen) atoms. The van der Waals surface area contributed by atoms with Gasteiger partial charge in [-0.05, 0) is 13.8 Å². The second-order valence-corrected chi connectivity index (χ2v) is 4.32. The van der Waals surface area contributed by atoms with E-state index in [4.69, 9.17) is 15.2 Å². The van der Waals surface area contributed by atoms with Crippen LogP contribution in [0.15, 0.2) is 12.1 Å². The van der Waals surface area contributed by atoms with E-state index in [1.807, 2.05) is 18.4 Å². The first-order chi connectivity index (χ1) is 9.08. The summed E-state index contributed by atoms with van der Waals surface area (Å²) in [5, 5.41) is 0. The number of hydrogen-bond donors (Lipinski definition) is 1. The lowest BCUT2D eigenvalue weighted by atomic mass is 10.2. The molecular weight excluding hydrogens is 249 g/mol. The molecule has 2 rings (SSSR count). The van der Waals surface area contributed by atoms with Crippen LogP contribution in [0.4, 0.5) is 10.3 Å². The van der Waals surface area contributed by atoms with Crippen LogP contribution < -0.4 is 10.5 Å². The topological polar surface area (TPSA) is 62.3 Å². The molecule has 0 saturated carbocycles. The summed E-state index contributed by atoms with van der Waals surface area (Å²) >= 11 is 0. The van der Waals surface area contributed by atoms with Crippen molar-refractivity contribution in [3.05, 3.63) is 17.9 Å². The number of nitrogen functional groups attached to an aromatic ring is 1. The minimum absolute atomic E-state index is 0.0140. The summed E-state index contributed by atoms with van der Waals surface area (Å²) in [5.41, 5.74) is 7.15. The van der Waals surface area contributed by atoms with E-state index in [0.29, 0.717) is 24.7 Å². The minimum Gasteiger partial charge on any atom is -0.494 e. The van der Waals surface area contributed by atoms with Crippen molar-refractivity contribution in [2.45, 2.75) is 19.9 Å². The highest BCUT2D eigenvalue weighted by Crippen LogP contribution is 2.28. The maximum absolute atomic E-state index is 13.6. The number of nitrogens with zero attached hydrogens (tertiary/aromatic N) is 2. The number of hydrogen-bond acceptors (Lipinski definition) is 4. The van der Waals surface area contributed by atoms with E-state index < -0.39 is 5.82 Å². The third-order valence-corrected chi connectivity index (χ3v) is 2.99.